The zero-order chi connectivity index (χ0) is 25.1. The summed E-state index contributed by atoms with van der Waals surface area (Å²) in [5.41, 5.74) is 2.48. The first kappa shape index (κ1) is 24.6. The Kier molecular flexibility index (Phi) is 7.31. The van der Waals surface area contributed by atoms with Gasteiger partial charge in [-0.25, -0.2) is 0 Å². The van der Waals surface area contributed by atoms with Gasteiger partial charge < -0.3 is 23.9 Å². The smallest absolute Gasteiger partial charge is 0.274 e. The van der Waals surface area contributed by atoms with Gasteiger partial charge >= 0.3 is 0 Å². The molecule has 1 aliphatic rings. The normalized spacial score (nSPS) is 14.5. The van der Waals surface area contributed by atoms with E-state index >= 15 is 0 Å². The first-order valence-electron chi connectivity index (χ1n) is 12.0. The number of carbonyl (C=O) groups excluding carboxylic acids is 1. The second-order valence-corrected chi connectivity index (χ2v) is 9.06. The Hall–Kier alpha value is -3.52. The Morgan fingerprint density at radius 3 is 2.46 bits per heavy atom. The highest BCUT2D eigenvalue weighted by Crippen LogP contribution is 2.39. The molecule has 0 spiro atoms. The zero-order valence-electron chi connectivity index (χ0n) is 21.0. The van der Waals surface area contributed by atoms with E-state index in [1.165, 1.54) is 0 Å². The van der Waals surface area contributed by atoms with E-state index in [1.807, 2.05) is 23.2 Å². The van der Waals surface area contributed by atoms with E-state index in [0.29, 0.717) is 54.7 Å². The Morgan fingerprint density at radius 2 is 1.83 bits per heavy atom. The number of piperazine rings is 1. The van der Waals surface area contributed by atoms with Gasteiger partial charge in [0.05, 0.1) is 19.8 Å². The zero-order valence-corrected chi connectivity index (χ0v) is 21.0. The number of ether oxygens (including phenoxy) is 2. The molecule has 3 aromatic rings. The average molecular weight is 479 g/mol. The van der Waals surface area contributed by atoms with Gasteiger partial charge in [0.25, 0.3) is 11.5 Å². The molecule has 1 aliphatic heterocycles. The molecule has 4 rings (SSSR count). The summed E-state index contributed by atoms with van der Waals surface area (Å²) in [6.45, 7) is 11.7. The number of aromatic nitrogens is 2. The highest BCUT2D eigenvalue weighted by molar-refractivity contribution is 6.01. The highest BCUT2D eigenvalue weighted by Gasteiger charge is 2.27. The maximum atomic E-state index is 13.5. The van der Waals surface area contributed by atoms with Crippen molar-refractivity contribution in [3.05, 3.63) is 59.2 Å². The Bertz CT molecular complexity index is 1280. The topological polar surface area (TPSA) is 79.8 Å². The monoisotopic (exact) mass is 478 g/mol. The summed E-state index contributed by atoms with van der Waals surface area (Å²) in [6.07, 6.45) is 6.05. The fourth-order valence-electron chi connectivity index (χ4n) is 4.70. The van der Waals surface area contributed by atoms with Crippen LogP contribution in [-0.2, 0) is 6.54 Å². The van der Waals surface area contributed by atoms with E-state index in [4.69, 9.17) is 9.47 Å². The van der Waals surface area contributed by atoms with Crippen LogP contribution in [0.25, 0.3) is 22.0 Å². The van der Waals surface area contributed by atoms with E-state index < -0.39 is 0 Å². The molecule has 0 aliphatic carbocycles. The minimum Gasteiger partial charge on any atom is -0.496 e. The van der Waals surface area contributed by atoms with Gasteiger partial charge in [0.1, 0.15) is 17.0 Å². The minimum absolute atomic E-state index is 0.0714. The largest absolute Gasteiger partial charge is 0.496 e. The number of hydrogen-bond acceptors (Lipinski definition) is 5. The molecule has 0 unspecified atom stereocenters. The maximum absolute atomic E-state index is 13.5. The van der Waals surface area contributed by atoms with Crippen molar-refractivity contribution in [2.45, 2.75) is 32.9 Å². The van der Waals surface area contributed by atoms with Crippen LogP contribution in [0.15, 0.2) is 48.0 Å². The van der Waals surface area contributed by atoms with Crippen LogP contribution in [0.2, 0.25) is 0 Å². The number of amides is 1. The Balaban J connectivity index is 1.77. The van der Waals surface area contributed by atoms with Crippen LogP contribution in [0.1, 0.15) is 30.6 Å². The lowest BCUT2D eigenvalue weighted by atomic mass is 9.99. The molecule has 1 N–H and O–H groups in total. The predicted octanol–water partition coefficient (Wildman–Crippen LogP) is 3.76. The summed E-state index contributed by atoms with van der Waals surface area (Å²) in [6, 6.07) is 5.92. The molecule has 0 saturated carbocycles. The van der Waals surface area contributed by atoms with Crippen molar-refractivity contribution in [1.29, 1.82) is 0 Å². The van der Waals surface area contributed by atoms with Gasteiger partial charge in [0, 0.05) is 67.7 Å². The first-order chi connectivity index (χ1) is 16.9. The number of aromatic amines is 1. The van der Waals surface area contributed by atoms with Crippen molar-refractivity contribution < 1.29 is 14.3 Å². The lowest BCUT2D eigenvalue weighted by Crippen LogP contribution is -2.50. The molecule has 1 saturated heterocycles. The molecule has 3 heterocycles. The number of methoxy groups -OCH3 is 2. The Morgan fingerprint density at radius 1 is 1.11 bits per heavy atom. The van der Waals surface area contributed by atoms with Crippen LogP contribution >= 0.6 is 0 Å². The van der Waals surface area contributed by atoms with Crippen molar-refractivity contribution in [3.63, 3.8) is 0 Å². The number of aryl methyl sites for hydroxylation is 1. The molecule has 35 heavy (non-hydrogen) atoms. The van der Waals surface area contributed by atoms with Crippen LogP contribution < -0.4 is 15.0 Å². The van der Waals surface area contributed by atoms with E-state index in [1.54, 1.807) is 37.1 Å². The third-order valence-electron chi connectivity index (χ3n) is 6.74. The van der Waals surface area contributed by atoms with Crippen LogP contribution in [0.3, 0.4) is 0 Å². The van der Waals surface area contributed by atoms with Gasteiger partial charge in [0.15, 0.2) is 0 Å². The van der Waals surface area contributed by atoms with Crippen LogP contribution in [-0.4, -0.2) is 71.7 Å². The summed E-state index contributed by atoms with van der Waals surface area (Å²) in [5.74, 6) is 0.953. The molecule has 1 amide bonds. The fourth-order valence-corrected chi connectivity index (χ4v) is 4.70. The highest BCUT2D eigenvalue weighted by atomic mass is 16.5. The maximum Gasteiger partial charge on any atom is 0.274 e. The van der Waals surface area contributed by atoms with E-state index in [9.17, 15) is 9.59 Å². The quantitative estimate of drug-likeness (QED) is 0.499. The van der Waals surface area contributed by atoms with Crippen molar-refractivity contribution >= 4 is 16.8 Å². The molecule has 0 radical (unpaired) electrons. The standard InChI is InChI=1S/C27H34N4O4/c1-6-7-10-31-17-22(19-8-9-28-25(19)27(31)33)20-15-24(35-5)21(16-23(20)34-4)26(32)30-13-11-29(12-14-30)18(2)3/h6,8-9,15-18,28H,1,7,10-14H2,2-5H3. The molecule has 0 atom stereocenters. The lowest BCUT2D eigenvalue weighted by molar-refractivity contribution is 0.0592. The molecular formula is C27H34N4O4. The summed E-state index contributed by atoms with van der Waals surface area (Å²) >= 11 is 0. The van der Waals surface area contributed by atoms with E-state index in [0.717, 1.165) is 29.6 Å². The second kappa shape index (κ2) is 10.4. The van der Waals surface area contributed by atoms with Crippen molar-refractivity contribution in [2.24, 2.45) is 0 Å². The number of nitrogens with zero attached hydrogens (tertiary/aromatic N) is 3. The Labute approximate surface area is 205 Å². The summed E-state index contributed by atoms with van der Waals surface area (Å²) < 4.78 is 13.1. The molecule has 0 bridgehead atoms. The van der Waals surface area contributed by atoms with Crippen LogP contribution in [0, 0.1) is 0 Å². The molecule has 8 nitrogen and oxygen atoms in total. The van der Waals surface area contributed by atoms with Gasteiger partial charge in [-0.05, 0) is 38.5 Å². The third kappa shape index (κ3) is 4.71. The van der Waals surface area contributed by atoms with E-state index in [2.05, 4.69) is 30.3 Å². The number of allylic oxidation sites excluding steroid dienone is 1. The molecule has 186 valence electrons. The van der Waals surface area contributed by atoms with Crippen molar-refractivity contribution in [1.82, 2.24) is 19.4 Å². The minimum atomic E-state index is -0.0890. The third-order valence-corrected chi connectivity index (χ3v) is 6.74. The number of hydrogen-bond donors (Lipinski definition) is 1. The summed E-state index contributed by atoms with van der Waals surface area (Å²) in [4.78, 5) is 33.7. The van der Waals surface area contributed by atoms with Crippen molar-refractivity contribution in [3.8, 4) is 22.6 Å². The molecule has 1 aromatic carbocycles. The molecular weight excluding hydrogens is 444 g/mol. The number of benzene rings is 1. The lowest BCUT2D eigenvalue weighted by Gasteiger charge is -2.37. The summed E-state index contributed by atoms with van der Waals surface area (Å²) in [7, 11) is 3.15. The van der Waals surface area contributed by atoms with Crippen LogP contribution in [0.5, 0.6) is 11.5 Å². The van der Waals surface area contributed by atoms with Gasteiger partial charge in [-0.15, -0.1) is 6.58 Å². The molecule has 1 fully saturated rings. The molecule has 2 aromatic heterocycles. The van der Waals surface area contributed by atoms with Gasteiger partial charge in [-0.2, -0.15) is 0 Å². The SMILES string of the molecule is C=CCCn1cc(-c2cc(OC)c(C(=O)N3CCN(C(C)C)CC3)cc2OC)c2cc[nH]c2c1=O. The number of H-pyrrole nitrogens is 1. The number of rotatable bonds is 8. The van der Waals surface area contributed by atoms with Gasteiger partial charge in [-0.3, -0.25) is 14.5 Å². The average Bonchev–Trinajstić information content (AvgIpc) is 3.38. The number of pyridine rings is 1. The molecule has 8 heteroatoms. The van der Waals surface area contributed by atoms with Crippen LogP contribution in [0.4, 0.5) is 0 Å². The predicted molar refractivity (Wildman–Crippen MR) is 139 cm³/mol. The van der Waals surface area contributed by atoms with Gasteiger partial charge in [0.2, 0.25) is 0 Å². The number of fused-ring (bicyclic) bond motifs is 1. The van der Waals surface area contributed by atoms with Crippen molar-refractivity contribution in [2.75, 3.05) is 40.4 Å². The second-order valence-electron chi connectivity index (χ2n) is 9.06. The van der Waals surface area contributed by atoms with E-state index in [-0.39, 0.29) is 11.5 Å². The number of nitrogens with one attached hydrogen (secondary N) is 1. The number of carbonyl (C=O) groups is 1. The summed E-state index contributed by atoms with van der Waals surface area (Å²) in [5, 5.41) is 0.786. The fraction of sp³-hybridized carbons (Fsp3) is 0.407. The first-order valence-corrected chi connectivity index (χ1v) is 12.0. The van der Waals surface area contributed by atoms with Gasteiger partial charge in [-0.1, -0.05) is 6.08 Å².